The van der Waals surface area contributed by atoms with E-state index >= 15 is 0 Å². The first-order valence-corrected chi connectivity index (χ1v) is 5.01. The van der Waals surface area contributed by atoms with Crippen LogP contribution >= 0.6 is 0 Å². The molecule has 2 atom stereocenters. The fourth-order valence-electron chi connectivity index (χ4n) is 2.29. The van der Waals surface area contributed by atoms with Gasteiger partial charge in [-0.25, -0.2) is 13.2 Å². The van der Waals surface area contributed by atoms with Gasteiger partial charge in [-0.1, -0.05) is 6.08 Å². The van der Waals surface area contributed by atoms with Gasteiger partial charge < -0.3 is 0 Å². The summed E-state index contributed by atoms with van der Waals surface area (Å²) in [5, 5.41) is 0. The number of fused-ring (bicyclic) bond motifs is 1. The summed E-state index contributed by atoms with van der Waals surface area (Å²) in [4.78, 5) is 0. The first-order valence-electron chi connectivity index (χ1n) is 5.01. The second kappa shape index (κ2) is 2.87. The molecule has 2 aliphatic rings. The number of allylic oxidation sites excluding steroid dienone is 2. The summed E-state index contributed by atoms with van der Waals surface area (Å²) in [6, 6.07) is 2.31. The van der Waals surface area contributed by atoms with Crippen molar-refractivity contribution >= 4 is 5.57 Å². The zero-order valence-electron chi connectivity index (χ0n) is 7.93. The van der Waals surface area contributed by atoms with E-state index in [9.17, 15) is 13.2 Å². The summed E-state index contributed by atoms with van der Waals surface area (Å²) in [5.41, 5.74) is 1.05. The van der Waals surface area contributed by atoms with Crippen LogP contribution in [0.3, 0.4) is 0 Å². The van der Waals surface area contributed by atoms with Crippen molar-refractivity contribution in [3.05, 3.63) is 41.2 Å². The van der Waals surface area contributed by atoms with Crippen LogP contribution in [0.4, 0.5) is 13.2 Å². The molecule has 1 aromatic rings. The molecule has 78 valence electrons. The molecule has 0 unspecified atom stereocenters. The molecule has 0 heterocycles. The number of hydrogen-bond donors (Lipinski definition) is 0. The Morgan fingerprint density at radius 2 is 1.87 bits per heavy atom. The molecule has 0 radical (unpaired) electrons. The molecule has 0 spiro atoms. The standard InChI is InChI=1S/C12H9F3/c13-10-2-1-9(11(14)12(10)15)8-4-6-3-7(6)5-8/h1-2,4,6-7H,3,5H2/t6-,7+/m0/s1. The van der Waals surface area contributed by atoms with Crippen molar-refractivity contribution in [3.8, 4) is 0 Å². The Morgan fingerprint density at radius 3 is 2.53 bits per heavy atom. The lowest BCUT2D eigenvalue weighted by atomic mass is 10.0. The van der Waals surface area contributed by atoms with Crippen LogP contribution in [0.25, 0.3) is 5.57 Å². The second-order valence-corrected chi connectivity index (χ2v) is 4.28. The van der Waals surface area contributed by atoms with E-state index in [1.54, 1.807) is 0 Å². The van der Waals surface area contributed by atoms with Gasteiger partial charge in [0, 0.05) is 5.56 Å². The SMILES string of the molecule is Fc1ccc(C2=C[C@@H]3C[C@@H]3C2)c(F)c1F. The van der Waals surface area contributed by atoms with Crippen LogP contribution in [-0.4, -0.2) is 0 Å². The molecule has 15 heavy (non-hydrogen) atoms. The minimum Gasteiger partial charge on any atom is -0.204 e. The monoisotopic (exact) mass is 210 g/mol. The van der Waals surface area contributed by atoms with Crippen LogP contribution in [0.5, 0.6) is 0 Å². The Labute approximate surface area is 85.4 Å². The number of hydrogen-bond acceptors (Lipinski definition) is 0. The van der Waals surface area contributed by atoms with E-state index < -0.39 is 17.5 Å². The molecule has 0 amide bonds. The topological polar surface area (TPSA) is 0 Å². The van der Waals surface area contributed by atoms with Crippen molar-refractivity contribution in [1.82, 2.24) is 0 Å². The van der Waals surface area contributed by atoms with Gasteiger partial charge in [-0.05, 0) is 42.4 Å². The molecule has 0 saturated heterocycles. The first-order chi connectivity index (χ1) is 7.16. The highest BCUT2D eigenvalue weighted by Gasteiger charge is 2.41. The predicted octanol–water partition coefficient (Wildman–Crippen LogP) is 3.53. The summed E-state index contributed by atoms with van der Waals surface area (Å²) in [7, 11) is 0. The molecule has 1 fully saturated rings. The second-order valence-electron chi connectivity index (χ2n) is 4.28. The largest absolute Gasteiger partial charge is 0.204 e. The third-order valence-electron chi connectivity index (χ3n) is 3.26. The number of halogens is 3. The Kier molecular flexibility index (Phi) is 1.73. The van der Waals surface area contributed by atoms with Crippen molar-refractivity contribution in [2.75, 3.05) is 0 Å². The van der Waals surface area contributed by atoms with Gasteiger partial charge in [0.25, 0.3) is 0 Å². The van der Waals surface area contributed by atoms with Gasteiger partial charge in [-0.3, -0.25) is 0 Å². The summed E-state index contributed by atoms with van der Waals surface area (Å²) in [6.45, 7) is 0. The van der Waals surface area contributed by atoms with Crippen LogP contribution in [0.1, 0.15) is 18.4 Å². The van der Waals surface area contributed by atoms with Crippen molar-refractivity contribution in [2.45, 2.75) is 12.8 Å². The Bertz CT molecular complexity index is 462. The van der Waals surface area contributed by atoms with Crippen LogP contribution in [-0.2, 0) is 0 Å². The van der Waals surface area contributed by atoms with Crippen molar-refractivity contribution in [3.63, 3.8) is 0 Å². The molecular formula is C12H9F3. The Balaban J connectivity index is 2.05. The average molecular weight is 210 g/mol. The van der Waals surface area contributed by atoms with E-state index in [1.807, 2.05) is 6.08 Å². The number of rotatable bonds is 1. The maximum absolute atomic E-state index is 13.4. The van der Waals surface area contributed by atoms with E-state index in [0.29, 0.717) is 11.8 Å². The summed E-state index contributed by atoms with van der Waals surface area (Å²) in [6.07, 6.45) is 3.95. The van der Waals surface area contributed by atoms with E-state index in [2.05, 4.69) is 0 Å². The zero-order chi connectivity index (χ0) is 10.6. The minimum absolute atomic E-state index is 0.223. The fraction of sp³-hybridized carbons (Fsp3) is 0.333. The molecule has 0 N–H and O–H groups in total. The zero-order valence-corrected chi connectivity index (χ0v) is 7.93. The molecule has 0 aromatic heterocycles. The van der Waals surface area contributed by atoms with E-state index in [1.165, 1.54) is 6.07 Å². The molecule has 1 aromatic carbocycles. The van der Waals surface area contributed by atoms with Crippen molar-refractivity contribution in [1.29, 1.82) is 0 Å². The third-order valence-corrected chi connectivity index (χ3v) is 3.26. The van der Waals surface area contributed by atoms with Crippen LogP contribution in [0.15, 0.2) is 18.2 Å². The predicted molar refractivity (Wildman–Crippen MR) is 50.5 cm³/mol. The highest BCUT2D eigenvalue weighted by Crippen LogP contribution is 2.53. The average Bonchev–Trinajstić information content (AvgIpc) is 2.83. The molecule has 0 bridgehead atoms. The van der Waals surface area contributed by atoms with E-state index in [4.69, 9.17) is 0 Å². The molecule has 0 aliphatic heterocycles. The molecule has 2 aliphatic carbocycles. The highest BCUT2D eigenvalue weighted by molar-refractivity contribution is 5.70. The van der Waals surface area contributed by atoms with E-state index in [0.717, 1.165) is 24.5 Å². The molecular weight excluding hydrogens is 201 g/mol. The maximum Gasteiger partial charge on any atom is 0.195 e. The molecule has 3 heteroatoms. The van der Waals surface area contributed by atoms with Gasteiger partial charge in [0.05, 0.1) is 0 Å². The van der Waals surface area contributed by atoms with Crippen molar-refractivity contribution < 1.29 is 13.2 Å². The van der Waals surface area contributed by atoms with Crippen LogP contribution in [0.2, 0.25) is 0 Å². The van der Waals surface area contributed by atoms with Crippen molar-refractivity contribution in [2.24, 2.45) is 11.8 Å². The van der Waals surface area contributed by atoms with Crippen LogP contribution in [0, 0.1) is 29.3 Å². The third kappa shape index (κ3) is 1.29. The lowest BCUT2D eigenvalue weighted by Crippen LogP contribution is -1.96. The molecule has 0 nitrogen and oxygen atoms in total. The first kappa shape index (κ1) is 9.01. The van der Waals surface area contributed by atoms with Gasteiger partial charge in [0.2, 0.25) is 0 Å². The van der Waals surface area contributed by atoms with Gasteiger partial charge in [-0.2, -0.15) is 0 Å². The smallest absolute Gasteiger partial charge is 0.195 e. The Morgan fingerprint density at radius 1 is 1.07 bits per heavy atom. The normalized spacial score (nSPS) is 27.5. The lowest BCUT2D eigenvalue weighted by molar-refractivity contribution is 0.445. The summed E-state index contributed by atoms with van der Waals surface area (Å²) in [5.74, 6) is -2.38. The Hall–Kier alpha value is -1.25. The van der Waals surface area contributed by atoms with Gasteiger partial charge in [-0.15, -0.1) is 0 Å². The maximum atomic E-state index is 13.4. The van der Waals surface area contributed by atoms with Gasteiger partial charge in [0.1, 0.15) is 0 Å². The minimum atomic E-state index is -1.37. The molecule has 1 saturated carbocycles. The van der Waals surface area contributed by atoms with Crippen LogP contribution < -0.4 is 0 Å². The lowest BCUT2D eigenvalue weighted by Gasteiger charge is -2.06. The fourth-order valence-corrected chi connectivity index (χ4v) is 2.29. The summed E-state index contributed by atoms with van der Waals surface area (Å²) < 4.78 is 39.1. The quantitative estimate of drug-likeness (QED) is 0.622. The summed E-state index contributed by atoms with van der Waals surface area (Å²) >= 11 is 0. The highest BCUT2D eigenvalue weighted by atomic mass is 19.2. The van der Waals surface area contributed by atoms with E-state index in [-0.39, 0.29) is 5.56 Å². The molecule has 3 rings (SSSR count). The van der Waals surface area contributed by atoms with Gasteiger partial charge >= 0.3 is 0 Å². The number of benzene rings is 1. The van der Waals surface area contributed by atoms with Gasteiger partial charge in [0.15, 0.2) is 17.5 Å².